The first kappa shape index (κ1) is 10.2. The van der Waals surface area contributed by atoms with Crippen molar-refractivity contribution in [2.45, 2.75) is 20.8 Å². The molecule has 2 aromatic heterocycles. The highest BCUT2D eigenvalue weighted by atomic mass is 14.8. The van der Waals surface area contributed by atoms with Gasteiger partial charge in [-0.2, -0.15) is 0 Å². The minimum absolute atomic E-state index is 1.01. The molecule has 0 atom stereocenters. The SMILES string of the molecule is Cc1ccc2ccc3cc(C)c(C)nc3c2n1. The summed E-state index contributed by atoms with van der Waals surface area (Å²) in [5, 5.41) is 2.32. The molecule has 84 valence electrons. The first-order valence-electron chi connectivity index (χ1n) is 5.79. The Kier molecular flexibility index (Phi) is 2.11. The average molecular weight is 222 g/mol. The van der Waals surface area contributed by atoms with Gasteiger partial charge in [-0.1, -0.05) is 18.2 Å². The summed E-state index contributed by atoms with van der Waals surface area (Å²) in [6, 6.07) is 10.6. The van der Waals surface area contributed by atoms with Gasteiger partial charge in [0.15, 0.2) is 0 Å². The van der Waals surface area contributed by atoms with E-state index in [4.69, 9.17) is 0 Å². The zero-order valence-corrected chi connectivity index (χ0v) is 10.3. The summed E-state index contributed by atoms with van der Waals surface area (Å²) in [4.78, 5) is 9.29. The van der Waals surface area contributed by atoms with E-state index in [9.17, 15) is 0 Å². The maximum atomic E-state index is 4.68. The Hall–Kier alpha value is -1.96. The van der Waals surface area contributed by atoms with Crippen molar-refractivity contribution >= 4 is 21.8 Å². The van der Waals surface area contributed by atoms with Gasteiger partial charge in [0.2, 0.25) is 0 Å². The summed E-state index contributed by atoms with van der Waals surface area (Å²) in [7, 11) is 0. The third kappa shape index (κ3) is 1.57. The molecule has 2 heteroatoms. The molecule has 17 heavy (non-hydrogen) atoms. The highest BCUT2D eigenvalue weighted by Gasteiger charge is 2.05. The molecule has 2 heterocycles. The first-order valence-corrected chi connectivity index (χ1v) is 5.79. The third-order valence-electron chi connectivity index (χ3n) is 3.23. The van der Waals surface area contributed by atoms with Crippen LogP contribution >= 0.6 is 0 Å². The lowest BCUT2D eigenvalue weighted by atomic mass is 10.1. The van der Waals surface area contributed by atoms with Crippen LogP contribution in [0.5, 0.6) is 0 Å². The molecule has 0 saturated heterocycles. The maximum Gasteiger partial charge on any atom is 0.0968 e. The summed E-state index contributed by atoms with van der Waals surface area (Å²) in [5.41, 5.74) is 5.35. The molecule has 0 bridgehead atoms. The molecular formula is C15H14N2. The van der Waals surface area contributed by atoms with Crippen LogP contribution in [0.4, 0.5) is 0 Å². The Morgan fingerprint density at radius 2 is 1.41 bits per heavy atom. The largest absolute Gasteiger partial charge is 0.251 e. The molecule has 0 N–H and O–H groups in total. The minimum Gasteiger partial charge on any atom is -0.251 e. The molecule has 1 aromatic carbocycles. The number of nitrogens with zero attached hydrogens (tertiary/aromatic N) is 2. The van der Waals surface area contributed by atoms with E-state index in [0.29, 0.717) is 0 Å². The summed E-state index contributed by atoms with van der Waals surface area (Å²) in [5.74, 6) is 0. The minimum atomic E-state index is 1.01. The number of pyridine rings is 2. The van der Waals surface area contributed by atoms with Crippen molar-refractivity contribution in [3.05, 3.63) is 47.3 Å². The van der Waals surface area contributed by atoms with Crippen LogP contribution in [0.3, 0.4) is 0 Å². The summed E-state index contributed by atoms with van der Waals surface area (Å²) in [6.07, 6.45) is 0. The number of aryl methyl sites for hydroxylation is 3. The second kappa shape index (κ2) is 3.52. The molecular weight excluding hydrogens is 208 g/mol. The van der Waals surface area contributed by atoms with E-state index in [2.05, 4.69) is 41.2 Å². The summed E-state index contributed by atoms with van der Waals surface area (Å²) < 4.78 is 0. The second-order valence-electron chi connectivity index (χ2n) is 4.55. The van der Waals surface area contributed by atoms with Crippen LogP contribution in [0, 0.1) is 20.8 Å². The number of aromatic nitrogens is 2. The van der Waals surface area contributed by atoms with E-state index < -0.39 is 0 Å². The second-order valence-corrected chi connectivity index (χ2v) is 4.55. The van der Waals surface area contributed by atoms with Crippen molar-refractivity contribution in [2.75, 3.05) is 0 Å². The van der Waals surface area contributed by atoms with Crippen LogP contribution in [-0.4, -0.2) is 9.97 Å². The number of rotatable bonds is 0. The molecule has 0 aliphatic carbocycles. The summed E-state index contributed by atoms with van der Waals surface area (Å²) >= 11 is 0. The van der Waals surface area contributed by atoms with E-state index in [1.165, 1.54) is 10.9 Å². The van der Waals surface area contributed by atoms with Gasteiger partial charge < -0.3 is 0 Å². The fraction of sp³-hybridized carbons (Fsp3) is 0.200. The standard InChI is InChI=1S/C15H14N2/c1-9-8-13-7-6-12-5-4-10(2)16-14(12)15(13)17-11(9)3/h4-8H,1-3H3. The van der Waals surface area contributed by atoms with Crippen molar-refractivity contribution in [2.24, 2.45) is 0 Å². The van der Waals surface area contributed by atoms with E-state index in [-0.39, 0.29) is 0 Å². The van der Waals surface area contributed by atoms with Gasteiger partial charge in [-0.3, -0.25) is 9.97 Å². The van der Waals surface area contributed by atoms with E-state index >= 15 is 0 Å². The van der Waals surface area contributed by atoms with E-state index in [1.807, 2.05) is 19.9 Å². The van der Waals surface area contributed by atoms with E-state index in [0.717, 1.165) is 27.8 Å². The number of fused-ring (bicyclic) bond motifs is 3. The molecule has 0 aliphatic heterocycles. The Bertz CT molecular complexity index is 730. The van der Waals surface area contributed by atoms with Gasteiger partial charge in [0, 0.05) is 22.2 Å². The molecule has 3 aromatic rings. The lowest BCUT2D eigenvalue weighted by Gasteiger charge is -2.06. The molecule has 0 saturated carbocycles. The fourth-order valence-electron chi connectivity index (χ4n) is 2.11. The van der Waals surface area contributed by atoms with Gasteiger partial charge in [0.1, 0.15) is 0 Å². The van der Waals surface area contributed by atoms with Crippen molar-refractivity contribution in [1.82, 2.24) is 9.97 Å². The van der Waals surface area contributed by atoms with E-state index in [1.54, 1.807) is 0 Å². The van der Waals surface area contributed by atoms with Gasteiger partial charge in [-0.25, -0.2) is 0 Å². The van der Waals surface area contributed by atoms with Gasteiger partial charge in [0.05, 0.1) is 11.0 Å². The molecule has 0 unspecified atom stereocenters. The zero-order valence-electron chi connectivity index (χ0n) is 10.3. The van der Waals surface area contributed by atoms with Crippen molar-refractivity contribution in [3.63, 3.8) is 0 Å². The van der Waals surface area contributed by atoms with Crippen molar-refractivity contribution in [3.8, 4) is 0 Å². The smallest absolute Gasteiger partial charge is 0.0968 e. The Labute approximate surface area is 100 Å². The van der Waals surface area contributed by atoms with Crippen LogP contribution in [0.1, 0.15) is 17.0 Å². The topological polar surface area (TPSA) is 25.8 Å². The van der Waals surface area contributed by atoms with Gasteiger partial charge >= 0.3 is 0 Å². The van der Waals surface area contributed by atoms with Crippen molar-refractivity contribution in [1.29, 1.82) is 0 Å². The predicted octanol–water partition coefficient (Wildman–Crippen LogP) is 3.71. The molecule has 0 amide bonds. The lowest BCUT2D eigenvalue weighted by Crippen LogP contribution is -1.91. The zero-order chi connectivity index (χ0) is 12.0. The third-order valence-corrected chi connectivity index (χ3v) is 3.23. The van der Waals surface area contributed by atoms with Crippen LogP contribution in [0.25, 0.3) is 21.8 Å². The quantitative estimate of drug-likeness (QED) is 0.542. The normalized spacial score (nSPS) is 11.2. The Morgan fingerprint density at radius 3 is 2.24 bits per heavy atom. The molecule has 0 spiro atoms. The monoisotopic (exact) mass is 222 g/mol. The van der Waals surface area contributed by atoms with Gasteiger partial charge in [-0.15, -0.1) is 0 Å². The molecule has 2 nitrogen and oxygen atoms in total. The lowest BCUT2D eigenvalue weighted by molar-refractivity contribution is 1.19. The summed E-state index contributed by atoms with van der Waals surface area (Å²) in [6.45, 7) is 6.15. The first-order chi connectivity index (χ1) is 8.15. The fourth-order valence-corrected chi connectivity index (χ4v) is 2.11. The molecule has 0 radical (unpaired) electrons. The maximum absolute atomic E-state index is 4.68. The van der Waals surface area contributed by atoms with Crippen LogP contribution in [0.2, 0.25) is 0 Å². The van der Waals surface area contributed by atoms with Crippen molar-refractivity contribution < 1.29 is 0 Å². The molecule has 0 fully saturated rings. The molecule has 3 rings (SSSR count). The molecule has 0 aliphatic rings. The van der Waals surface area contributed by atoms with Gasteiger partial charge in [-0.05, 0) is 38.5 Å². The van der Waals surface area contributed by atoms with Crippen LogP contribution < -0.4 is 0 Å². The highest BCUT2D eigenvalue weighted by Crippen LogP contribution is 2.24. The number of hydrogen-bond acceptors (Lipinski definition) is 2. The number of hydrogen-bond donors (Lipinski definition) is 0. The van der Waals surface area contributed by atoms with Gasteiger partial charge in [0.25, 0.3) is 0 Å². The Morgan fingerprint density at radius 1 is 0.765 bits per heavy atom. The van der Waals surface area contributed by atoms with Crippen LogP contribution in [-0.2, 0) is 0 Å². The Balaban J connectivity index is 2.53. The predicted molar refractivity (Wildman–Crippen MR) is 71.3 cm³/mol. The average Bonchev–Trinajstić information content (AvgIpc) is 2.31. The highest BCUT2D eigenvalue weighted by molar-refractivity contribution is 6.02. The number of benzene rings is 1. The van der Waals surface area contributed by atoms with Crippen LogP contribution in [0.15, 0.2) is 30.3 Å².